The Bertz CT molecular complexity index is 417. The Labute approximate surface area is 127 Å². The van der Waals surface area contributed by atoms with Gasteiger partial charge in [0.25, 0.3) is 0 Å². The molecule has 0 amide bonds. The van der Waals surface area contributed by atoms with Gasteiger partial charge >= 0.3 is 0 Å². The monoisotopic (exact) mass is 292 g/mol. The lowest BCUT2D eigenvalue weighted by atomic mass is 10.1. The van der Waals surface area contributed by atoms with Crippen LogP contribution in [0.2, 0.25) is 0 Å². The van der Waals surface area contributed by atoms with Crippen LogP contribution in [0, 0.1) is 0 Å². The molecule has 0 bridgehead atoms. The first kappa shape index (κ1) is 16.4. The molecule has 1 saturated heterocycles. The molecule has 1 aromatic carbocycles. The molecule has 4 heteroatoms. The van der Waals surface area contributed by atoms with Crippen LogP contribution in [0.25, 0.3) is 0 Å². The van der Waals surface area contributed by atoms with Crippen molar-refractivity contribution < 1.29 is 10.2 Å². The van der Waals surface area contributed by atoms with Gasteiger partial charge in [-0.05, 0) is 50.4 Å². The number of piperidine rings is 1. The Morgan fingerprint density at radius 2 is 2.10 bits per heavy atom. The molecular weight excluding hydrogens is 264 g/mol. The van der Waals surface area contributed by atoms with Crippen molar-refractivity contribution in [1.82, 2.24) is 10.2 Å². The van der Waals surface area contributed by atoms with Crippen LogP contribution in [-0.4, -0.2) is 47.4 Å². The van der Waals surface area contributed by atoms with Gasteiger partial charge < -0.3 is 20.4 Å². The van der Waals surface area contributed by atoms with Crippen LogP contribution in [0.3, 0.4) is 0 Å². The average molecular weight is 292 g/mol. The zero-order valence-corrected chi connectivity index (χ0v) is 13.0. The fourth-order valence-electron chi connectivity index (χ4n) is 2.84. The molecule has 118 valence electrons. The van der Waals surface area contributed by atoms with Crippen molar-refractivity contribution in [2.45, 2.75) is 44.9 Å². The third kappa shape index (κ3) is 5.40. The van der Waals surface area contributed by atoms with Crippen LogP contribution < -0.4 is 5.32 Å². The second kappa shape index (κ2) is 8.49. The predicted molar refractivity (Wildman–Crippen MR) is 85.1 cm³/mol. The zero-order chi connectivity index (χ0) is 15.1. The molecule has 1 aromatic rings. The third-order valence-corrected chi connectivity index (χ3v) is 4.29. The average Bonchev–Trinajstić information content (AvgIpc) is 2.53. The minimum atomic E-state index is -0.0850. The molecule has 0 saturated carbocycles. The molecule has 1 atom stereocenters. The van der Waals surface area contributed by atoms with Gasteiger partial charge in [-0.2, -0.15) is 0 Å². The van der Waals surface area contributed by atoms with E-state index in [9.17, 15) is 10.2 Å². The summed E-state index contributed by atoms with van der Waals surface area (Å²) in [6, 6.07) is 8.41. The minimum Gasteiger partial charge on any atom is -0.393 e. The van der Waals surface area contributed by atoms with Gasteiger partial charge in [0, 0.05) is 19.1 Å². The Morgan fingerprint density at radius 1 is 1.33 bits per heavy atom. The Balaban J connectivity index is 1.66. The van der Waals surface area contributed by atoms with E-state index in [0.717, 1.165) is 51.0 Å². The number of likely N-dealkylation sites (tertiary alicyclic amines) is 1. The smallest absolute Gasteiger partial charge is 0.0681 e. The molecule has 0 aliphatic carbocycles. The van der Waals surface area contributed by atoms with Gasteiger partial charge in [0.15, 0.2) is 0 Å². The Morgan fingerprint density at radius 3 is 2.81 bits per heavy atom. The summed E-state index contributed by atoms with van der Waals surface area (Å²) in [7, 11) is 0. The van der Waals surface area contributed by atoms with E-state index < -0.39 is 0 Å². The highest BCUT2D eigenvalue weighted by molar-refractivity contribution is 5.25. The third-order valence-electron chi connectivity index (χ3n) is 4.29. The second-order valence-corrected chi connectivity index (χ2v) is 6.01. The molecule has 0 spiro atoms. The van der Waals surface area contributed by atoms with Gasteiger partial charge in [-0.25, -0.2) is 0 Å². The number of hydrogen-bond donors (Lipinski definition) is 3. The largest absolute Gasteiger partial charge is 0.393 e. The highest BCUT2D eigenvalue weighted by Crippen LogP contribution is 2.14. The van der Waals surface area contributed by atoms with Crippen LogP contribution in [0.4, 0.5) is 0 Å². The molecule has 2 rings (SSSR count). The molecular formula is C17H28N2O2. The van der Waals surface area contributed by atoms with E-state index in [1.807, 2.05) is 12.1 Å². The lowest BCUT2D eigenvalue weighted by molar-refractivity contribution is 0.0820. The highest BCUT2D eigenvalue weighted by Gasteiger charge is 2.16. The first-order valence-electron chi connectivity index (χ1n) is 8.02. The number of rotatable bonds is 7. The maximum atomic E-state index is 9.48. The van der Waals surface area contributed by atoms with Crippen molar-refractivity contribution in [3.63, 3.8) is 0 Å². The molecule has 0 radical (unpaired) electrons. The summed E-state index contributed by atoms with van der Waals surface area (Å²) in [5.74, 6) is 0. The number of aliphatic hydroxyl groups is 2. The van der Waals surface area contributed by atoms with Crippen LogP contribution >= 0.6 is 0 Å². The molecule has 0 aromatic heterocycles. The molecule has 3 N–H and O–H groups in total. The molecule has 4 nitrogen and oxygen atoms in total. The maximum Gasteiger partial charge on any atom is 0.0681 e. The molecule has 1 aliphatic heterocycles. The van der Waals surface area contributed by atoms with E-state index in [1.165, 1.54) is 5.56 Å². The van der Waals surface area contributed by atoms with E-state index in [1.54, 1.807) is 0 Å². The van der Waals surface area contributed by atoms with E-state index in [-0.39, 0.29) is 12.7 Å². The number of aliphatic hydroxyl groups excluding tert-OH is 2. The summed E-state index contributed by atoms with van der Waals surface area (Å²) in [5.41, 5.74) is 2.19. The maximum absolute atomic E-state index is 9.48. The van der Waals surface area contributed by atoms with Gasteiger partial charge in [0.05, 0.1) is 12.7 Å². The SMILES string of the molecule is CC(NCCCN1CCC(O)CC1)c1cccc(CO)c1. The van der Waals surface area contributed by atoms with Crippen LogP contribution in [-0.2, 0) is 6.61 Å². The summed E-state index contributed by atoms with van der Waals surface area (Å²) >= 11 is 0. The fourth-order valence-corrected chi connectivity index (χ4v) is 2.84. The van der Waals surface area contributed by atoms with Crippen molar-refractivity contribution >= 4 is 0 Å². The predicted octanol–water partition coefficient (Wildman–Crippen LogP) is 1.68. The van der Waals surface area contributed by atoms with E-state index in [4.69, 9.17) is 0 Å². The first-order valence-corrected chi connectivity index (χ1v) is 8.02. The summed E-state index contributed by atoms with van der Waals surface area (Å²) < 4.78 is 0. The second-order valence-electron chi connectivity index (χ2n) is 6.01. The molecule has 1 aliphatic rings. The van der Waals surface area contributed by atoms with Crippen molar-refractivity contribution in [2.24, 2.45) is 0 Å². The molecule has 21 heavy (non-hydrogen) atoms. The Hall–Kier alpha value is -0.940. The molecule has 1 unspecified atom stereocenters. The van der Waals surface area contributed by atoms with Gasteiger partial charge in [-0.3, -0.25) is 0 Å². The number of nitrogens with zero attached hydrogens (tertiary/aromatic N) is 1. The van der Waals surface area contributed by atoms with E-state index in [0.29, 0.717) is 6.04 Å². The fraction of sp³-hybridized carbons (Fsp3) is 0.647. The van der Waals surface area contributed by atoms with Gasteiger partial charge in [-0.15, -0.1) is 0 Å². The van der Waals surface area contributed by atoms with E-state index >= 15 is 0 Å². The van der Waals surface area contributed by atoms with Crippen LogP contribution in [0.15, 0.2) is 24.3 Å². The van der Waals surface area contributed by atoms with Crippen molar-refractivity contribution in [1.29, 1.82) is 0 Å². The standard InChI is InChI=1S/C17H28N2O2/c1-14(16-5-2-4-15(12-16)13-20)18-8-3-9-19-10-6-17(21)7-11-19/h2,4-5,12,14,17-18,20-21H,3,6-11,13H2,1H3. The summed E-state index contributed by atoms with van der Waals surface area (Å²) in [4.78, 5) is 2.44. The van der Waals surface area contributed by atoms with Crippen molar-refractivity contribution in [2.75, 3.05) is 26.2 Å². The normalized spacial score (nSPS) is 18.8. The topological polar surface area (TPSA) is 55.7 Å². The lowest BCUT2D eigenvalue weighted by Gasteiger charge is -2.29. The van der Waals surface area contributed by atoms with Crippen LogP contribution in [0.1, 0.15) is 43.4 Å². The van der Waals surface area contributed by atoms with Gasteiger partial charge in [-0.1, -0.05) is 24.3 Å². The Kier molecular flexibility index (Phi) is 6.64. The quantitative estimate of drug-likeness (QED) is 0.669. The highest BCUT2D eigenvalue weighted by atomic mass is 16.3. The van der Waals surface area contributed by atoms with E-state index in [2.05, 4.69) is 29.3 Å². The van der Waals surface area contributed by atoms with Gasteiger partial charge in [0.1, 0.15) is 0 Å². The summed E-state index contributed by atoms with van der Waals surface area (Å²) in [6.07, 6.45) is 2.87. The lowest BCUT2D eigenvalue weighted by Crippen LogP contribution is -2.37. The molecule has 1 fully saturated rings. The van der Waals surface area contributed by atoms with Gasteiger partial charge in [0.2, 0.25) is 0 Å². The first-order chi connectivity index (χ1) is 10.2. The summed E-state index contributed by atoms with van der Waals surface area (Å²) in [5, 5.41) is 22.2. The van der Waals surface area contributed by atoms with Crippen molar-refractivity contribution in [3.05, 3.63) is 35.4 Å². The number of nitrogens with one attached hydrogen (secondary N) is 1. The zero-order valence-electron chi connectivity index (χ0n) is 13.0. The molecule has 1 heterocycles. The number of hydrogen-bond acceptors (Lipinski definition) is 4. The minimum absolute atomic E-state index is 0.0850. The number of benzene rings is 1. The summed E-state index contributed by atoms with van der Waals surface area (Å²) in [6.45, 7) is 6.40. The van der Waals surface area contributed by atoms with Crippen LogP contribution in [0.5, 0.6) is 0 Å². The van der Waals surface area contributed by atoms with Crippen molar-refractivity contribution in [3.8, 4) is 0 Å².